The maximum atomic E-state index is 10.4. The van der Waals surface area contributed by atoms with Crippen molar-refractivity contribution in [2.24, 2.45) is 0 Å². The van der Waals surface area contributed by atoms with E-state index >= 15 is 0 Å². The summed E-state index contributed by atoms with van der Waals surface area (Å²) in [5.74, 6) is -0.758. The van der Waals surface area contributed by atoms with Crippen molar-refractivity contribution in [3.05, 3.63) is 35.9 Å². The van der Waals surface area contributed by atoms with Crippen LogP contribution in [0.4, 0.5) is 0 Å². The van der Waals surface area contributed by atoms with Crippen LogP contribution in [0.3, 0.4) is 0 Å². The van der Waals surface area contributed by atoms with Gasteiger partial charge in [-0.25, -0.2) is 0 Å². The highest BCUT2D eigenvalue weighted by atomic mass is 28.4. The van der Waals surface area contributed by atoms with Gasteiger partial charge in [-0.1, -0.05) is 51.1 Å². The van der Waals surface area contributed by atoms with Crippen LogP contribution in [0.5, 0.6) is 0 Å². The van der Waals surface area contributed by atoms with Gasteiger partial charge in [0.05, 0.1) is 19.8 Å². The van der Waals surface area contributed by atoms with E-state index in [1.165, 1.54) is 0 Å². The van der Waals surface area contributed by atoms with Crippen LogP contribution < -0.4 is 0 Å². The fourth-order valence-corrected chi connectivity index (χ4v) is 4.50. The second kappa shape index (κ2) is 8.03. The lowest BCUT2D eigenvalue weighted by Crippen LogP contribution is -2.55. The highest BCUT2D eigenvalue weighted by Crippen LogP contribution is 2.45. The van der Waals surface area contributed by atoms with E-state index in [2.05, 4.69) is 33.9 Å². The van der Waals surface area contributed by atoms with Gasteiger partial charge in [-0.05, 0) is 37.5 Å². The van der Waals surface area contributed by atoms with E-state index in [-0.39, 0.29) is 18.3 Å². The molecule has 0 spiro atoms. The van der Waals surface area contributed by atoms with E-state index in [1.54, 1.807) is 0 Å². The summed E-state index contributed by atoms with van der Waals surface area (Å²) in [5, 5.41) is 10.4. The molecule has 2 heterocycles. The quantitative estimate of drug-likeness (QED) is 0.671. The van der Waals surface area contributed by atoms with Gasteiger partial charge in [0.25, 0.3) is 0 Å². The second-order valence-electron chi connectivity index (χ2n) is 10.1. The first-order valence-electron chi connectivity index (χ1n) is 10.3. The van der Waals surface area contributed by atoms with E-state index in [4.69, 9.17) is 23.4 Å². The molecule has 0 radical (unpaired) electrons. The Morgan fingerprint density at radius 2 is 1.72 bits per heavy atom. The molecular formula is C22H36O6Si. The van der Waals surface area contributed by atoms with Gasteiger partial charge in [0.2, 0.25) is 0 Å². The Kier molecular flexibility index (Phi) is 6.34. The van der Waals surface area contributed by atoms with E-state index in [0.29, 0.717) is 6.61 Å². The van der Waals surface area contributed by atoms with Crippen molar-refractivity contribution in [1.29, 1.82) is 0 Å². The molecule has 29 heavy (non-hydrogen) atoms. The monoisotopic (exact) mass is 424 g/mol. The van der Waals surface area contributed by atoms with Crippen LogP contribution in [0.2, 0.25) is 18.1 Å². The third-order valence-corrected chi connectivity index (χ3v) is 10.8. The van der Waals surface area contributed by atoms with Gasteiger partial charge in [0.15, 0.2) is 20.4 Å². The van der Waals surface area contributed by atoms with Crippen LogP contribution in [0.1, 0.15) is 40.2 Å². The smallest absolute Gasteiger partial charge is 0.192 e. The molecule has 6 nitrogen and oxygen atoms in total. The number of rotatable bonds is 7. The molecule has 7 heteroatoms. The zero-order valence-corrected chi connectivity index (χ0v) is 19.7. The summed E-state index contributed by atoms with van der Waals surface area (Å²) in [6.07, 6.45) is -1.53. The van der Waals surface area contributed by atoms with E-state index in [0.717, 1.165) is 5.56 Å². The molecule has 1 aromatic rings. The highest BCUT2D eigenvalue weighted by molar-refractivity contribution is 6.74. The average molecular weight is 425 g/mol. The van der Waals surface area contributed by atoms with Crippen LogP contribution in [-0.4, -0.2) is 56.5 Å². The summed E-state index contributed by atoms with van der Waals surface area (Å²) >= 11 is 0. The van der Waals surface area contributed by atoms with Crippen LogP contribution in [0.15, 0.2) is 30.3 Å². The van der Waals surface area contributed by atoms with Crippen molar-refractivity contribution in [2.45, 2.75) is 89.2 Å². The van der Waals surface area contributed by atoms with E-state index in [1.807, 2.05) is 44.2 Å². The van der Waals surface area contributed by atoms with Gasteiger partial charge in [0.1, 0.15) is 17.8 Å². The van der Waals surface area contributed by atoms with E-state index < -0.39 is 38.2 Å². The van der Waals surface area contributed by atoms with Gasteiger partial charge >= 0.3 is 0 Å². The Labute approximate surface area is 175 Å². The minimum atomic E-state index is -2.05. The molecule has 4 atom stereocenters. The first-order valence-corrected chi connectivity index (χ1v) is 13.2. The highest BCUT2D eigenvalue weighted by Gasteiger charge is 2.63. The summed E-state index contributed by atoms with van der Waals surface area (Å²) in [6.45, 7) is 15.0. The molecule has 164 valence electrons. The van der Waals surface area contributed by atoms with Crippen molar-refractivity contribution in [2.75, 3.05) is 13.2 Å². The molecule has 2 aliphatic rings. The molecule has 0 amide bonds. The standard InChI is InChI=1S/C22H36O6Si/c1-20(2,3)29(6,7)25-15-22(14-23)18(24-13-16-11-9-8-10-12-16)17-19(28-22)27-21(4,5)26-17/h8-12,17-19,23H,13-15H2,1-7H3/t17-,18-,19+,22?/m1/s1. The number of ether oxygens (including phenoxy) is 4. The molecule has 0 aliphatic carbocycles. The molecule has 1 N–H and O–H groups in total. The van der Waals surface area contributed by atoms with Crippen molar-refractivity contribution in [1.82, 2.24) is 0 Å². The molecule has 1 aromatic carbocycles. The lowest BCUT2D eigenvalue weighted by atomic mass is 9.97. The first kappa shape index (κ1) is 22.9. The minimum Gasteiger partial charge on any atom is -0.414 e. The number of fused-ring (bicyclic) bond motifs is 1. The van der Waals surface area contributed by atoms with Crippen LogP contribution in [0, 0.1) is 0 Å². The Morgan fingerprint density at radius 3 is 2.31 bits per heavy atom. The fraction of sp³-hybridized carbons (Fsp3) is 0.727. The molecule has 0 saturated carbocycles. The van der Waals surface area contributed by atoms with Gasteiger partial charge in [0, 0.05) is 0 Å². The SMILES string of the molecule is CC1(C)O[C@H]2OC(CO)(CO[Si](C)(C)C(C)(C)C)[C@H](OCc3ccccc3)[C@H]2O1. The largest absolute Gasteiger partial charge is 0.414 e. The zero-order chi connectivity index (χ0) is 21.5. The van der Waals surface area contributed by atoms with Crippen molar-refractivity contribution >= 4 is 8.32 Å². The van der Waals surface area contributed by atoms with Gasteiger partial charge in [-0.2, -0.15) is 0 Å². The molecule has 3 rings (SSSR count). The van der Waals surface area contributed by atoms with Crippen LogP contribution in [0.25, 0.3) is 0 Å². The third kappa shape index (κ3) is 4.77. The van der Waals surface area contributed by atoms with E-state index in [9.17, 15) is 5.11 Å². The Bertz CT molecular complexity index is 686. The number of hydrogen-bond donors (Lipinski definition) is 1. The average Bonchev–Trinajstić information content (AvgIpc) is 3.07. The van der Waals surface area contributed by atoms with Crippen LogP contribution >= 0.6 is 0 Å². The lowest BCUT2D eigenvalue weighted by Gasteiger charge is -2.41. The van der Waals surface area contributed by atoms with Gasteiger partial charge < -0.3 is 28.5 Å². The number of aliphatic hydroxyl groups is 1. The first-order chi connectivity index (χ1) is 13.4. The molecule has 0 aromatic heterocycles. The van der Waals surface area contributed by atoms with Gasteiger partial charge in [-0.3, -0.25) is 0 Å². The normalized spacial score (nSPS) is 31.8. The summed E-state index contributed by atoms with van der Waals surface area (Å²) in [6, 6.07) is 9.95. The minimum absolute atomic E-state index is 0.0491. The topological polar surface area (TPSA) is 66.4 Å². The summed E-state index contributed by atoms with van der Waals surface area (Å²) in [4.78, 5) is 0. The molecule has 2 saturated heterocycles. The fourth-order valence-electron chi connectivity index (χ4n) is 3.47. The number of benzene rings is 1. The molecular weight excluding hydrogens is 388 g/mol. The third-order valence-electron chi connectivity index (χ3n) is 6.28. The van der Waals surface area contributed by atoms with Crippen molar-refractivity contribution < 1.29 is 28.5 Å². The Morgan fingerprint density at radius 1 is 1.07 bits per heavy atom. The number of aliphatic hydroxyl groups excluding tert-OH is 1. The Balaban J connectivity index is 1.81. The van der Waals surface area contributed by atoms with Gasteiger partial charge in [-0.15, -0.1) is 0 Å². The summed E-state index contributed by atoms with van der Waals surface area (Å²) < 4.78 is 31.0. The maximum absolute atomic E-state index is 10.4. The van der Waals surface area contributed by atoms with Crippen molar-refractivity contribution in [3.63, 3.8) is 0 Å². The molecule has 1 unspecified atom stereocenters. The Hall–Kier alpha value is -0.803. The van der Waals surface area contributed by atoms with Crippen LogP contribution in [-0.2, 0) is 30.0 Å². The van der Waals surface area contributed by atoms with Crippen molar-refractivity contribution in [3.8, 4) is 0 Å². The maximum Gasteiger partial charge on any atom is 0.192 e. The lowest BCUT2D eigenvalue weighted by molar-refractivity contribution is -0.257. The predicted octanol–water partition coefficient (Wildman–Crippen LogP) is 3.83. The molecule has 0 bridgehead atoms. The summed E-state index contributed by atoms with van der Waals surface area (Å²) in [5.41, 5.74) is 0.0159. The molecule has 2 aliphatic heterocycles. The second-order valence-corrected chi connectivity index (χ2v) is 14.9. The number of hydrogen-bond acceptors (Lipinski definition) is 6. The zero-order valence-electron chi connectivity index (χ0n) is 18.7. The predicted molar refractivity (Wildman–Crippen MR) is 113 cm³/mol. The summed E-state index contributed by atoms with van der Waals surface area (Å²) in [7, 11) is -2.05. The molecule has 2 fully saturated rings.